The molecule has 0 aliphatic carbocycles. The lowest BCUT2D eigenvalue weighted by Crippen LogP contribution is -2.11. The van der Waals surface area contributed by atoms with E-state index >= 15 is 0 Å². The summed E-state index contributed by atoms with van der Waals surface area (Å²) in [7, 11) is 1.55. The number of carbonyl (C=O) groups excluding carboxylic acids is 1. The SMILES string of the molecule is COc1ccc([C@@H](C#N)OC(=O)OCc2ccccc2)cc1. The van der Waals surface area contributed by atoms with Crippen molar-refractivity contribution >= 4 is 6.16 Å². The smallest absolute Gasteiger partial charge is 0.497 e. The maximum absolute atomic E-state index is 11.7. The van der Waals surface area contributed by atoms with Crippen LogP contribution in [0.25, 0.3) is 0 Å². The maximum atomic E-state index is 11.7. The van der Waals surface area contributed by atoms with E-state index < -0.39 is 12.3 Å². The Labute approximate surface area is 128 Å². The Bertz CT molecular complexity index is 647. The van der Waals surface area contributed by atoms with Crippen molar-refractivity contribution < 1.29 is 19.0 Å². The van der Waals surface area contributed by atoms with Gasteiger partial charge in [0.2, 0.25) is 6.10 Å². The van der Waals surface area contributed by atoms with Gasteiger partial charge in [-0.05, 0) is 17.7 Å². The molecule has 0 N–H and O–H groups in total. The van der Waals surface area contributed by atoms with Crippen LogP contribution >= 0.6 is 0 Å². The van der Waals surface area contributed by atoms with Gasteiger partial charge in [-0.15, -0.1) is 0 Å². The number of benzene rings is 2. The minimum atomic E-state index is -1.02. The second kappa shape index (κ2) is 7.70. The maximum Gasteiger partial charge on any atom is 0.510 e. The van der Waals surface area contributed by atoms with Crippen molar-refractivity contribution in [2.45, 2.75) is 12.7 Å². The first kappa shape index (κ1) is 15.4. The third-order valence-electron chi connectivity index (χ3n) is 2.95. The van der Waals surface area contributed by atoms with Gasteiger partial charge in [-0.3, -0.25) is 0 Å². The van der Waals surface area contributed by atoms with Crippen LogP contribution in [0.5, 0.6) is 5.75 Å². The van der Waals surface area contributed by atoms with Crippen LogP contribution in [-0.2, 0) is 16.1 Å². The fourth-order valence-corrected chi connectivity index (χ4v) is 1.79. The molecule has 0 aliphatic rings. The van der Waals surface area contributed by atoms with Crippen molar-refractivity contribution in [1.82, 2.24) is 0 Å². The molecule has 0 spiro atoms. The van der Waals surface area contributed by atoms with Crippen LogP contribution in [0.1, 0.15) is 17.2 Å². The van der Waals surface area contributed by atoms with Gasteiger partial charge in [0.15, 0.2) is 0 Å². The van der Waals surface area contributed by atoms with E-state index in [-0.39, 0.29) is 6.61 Å². The van der Waals surface area contributed by atoms with Gasteiger partial charge in [-0.25, -0.2) is 4.79 Å². The Morgan fingerprint density at radius 2 is 1.82 bits per heavy atom. The molecule has 2 rings (SSSR count). The van der Waals surface area contributed by atoms with Gasteiger partial charge < -0.3 is 14.2 Å². The Morgan fingerprint density at radius 1 is 1.14 bits per heavy atom. The van der Waals surface area contributed by atoms with Gasteiger partial charge in [0.05, 0.1) is 7.11 Å². The number of carbonyl (C=O) groups is 1. The summed E-state index contributed by atoms with van der Waals surface area (Å²) in [6, 6.07) is 17.9. The lowest BCUT2D eigenvalue weighted by molar-refractivity contribution is 0.0338. The lowest BCUT2D eigenvalue weighted by atomic mass is 10.1. The Morgan fingerprint density at radius 3 is 2.41 bits per heavy atom. The number of hydrogen-bond acceptors (Lipinski definition) is 5. The molecule has 0 radical (unpaired) electrons. The normalized spacial score (nSPS) is 11.1. The van der Waals surface area contributed by atoms with Crippen molar-refractivity contribution in [2.24, 2.45) is 0 Å². The summed E-state index contributed by atoms with van der Waals surface area (Å²) >= 11 is 0. The molecule has 1 atom stereocenters. The molecular weight excluding hydrogens is 282 g/mol. The molecule has 0 fully saturated rings. The van der Waals surface area contributed by atoms with Crippen molar-refractivity contribution in [2.75, 3.05) is 7.11 Å². The van der Waals surface area contributed by atoms with Crippen LogP contribution < -0.4 is 4.74 Å². The van der Waals surface area contributed by atoms with Gasteiger partial charge in [-0.2, -0.15) is 5.26 Å². The molecule has 0 bridgehead atoms. The highest BCUT2D eigenvalue weighted by Crippen LogP contribution is 2.20. The molecule has 5 nitrogen and oxygen atoms in total. The summed E-state index contributed by atoms with van der Waals surface area (Å²) in [5.74, 6) is 0.659. The zero-order valence-electron chi connectivity index (χ0n) is 12.1. The molecule has 5 heteroatoms. The molecule has 0 aliphatic heterocycles. The van der Waals surface area contributed by atoms with Gasteiger partial charge in [0.25, 0.3) is 0 Å². The van der Waals surface area contributed by atoms with Crippen LogP contribution in [0.15, 0.2) is 54.6 Å². The highest BCUT2D eigenvalue weighted by Gasteiger charge is 2.17. The molecule has 0 saturated heterocycles. The molecule has 112 valence electrons. The fraction of sp³-hybridized carbons (Fsp3) is 0.176. The summed E-state index contributed by atoms with van der Waals surface area (Å²) in [6.07, 6.45) is -1.90. The zero-order valence-corrected chi connectivity index (χ0v) is 12.1. The quantitative estimate of drug-likeness (QED) is 0.788. The number of ether oxygens (including phenoxy) is 3. The predicted octanol–water partition coefficient (Wildman–Crippen LogP) is 3.61. The highest BCUT2D eigenvalue weighted by atomic mass is 16.7. The van der Waals surface area contributed by atoms with Crippen molar-refractivity contribution in [3.63, 3.8) is 0 Å². The minimum Gasteiger partial charge on any atom is -0.497 e. The summed E-state index contributed by atoms with van der Waals surface area (Å²) in [4.78, 5) is 11.7. The van der Waals surface area contributed by atoms with E-state index in [0.29, 0.717) is 11.3 Å². The topological polar surface area (TPSA) is 68.5 Å². The molecule has 22 heavy (non-hydrogen) atoms. The molecular formula is C17H15NO4. The van der Waals surface area contributed by atoms with Gasteiger partial charge in [0.1, 0.15) is 18.4 Å². The van der Waals surface area contributed by atoms with Gasteiger partial charge in [-0.1, -0.05) is 42.5 Å². The molecule has 0 aromatic heterocycles. The molecule has 2 aromatic carbocycles. The van der Waals surface area contributed by atoms with Crippen molar-refractivity contribution in [3.05, 3.63) is 65.7 Å². The fourth-order valence-electron chi connectivity index (χ4n) is 1.79. The standard InChI is InChI=1S/C17H15NO4/c1-20-15-9-7-14(8-10-15)16(11-18)22-17(19)21-12-13-5-3-2-4-6-13/h2-10,16H,12H2,1H3/t16-/m1/s1. The molecule has 0 heterocycles. The predicted molar refractivity (Wildman–Crippen MR) is 79.1 cm³/mol. The van der Waals surface area contributed by atoms with Crippen LogP contribution in [0.2, 0.25) is 0 Å². The number of hydrogen-bond donors (Lipinski definition) is 0. The first-order valence-electron chi connectivity index (χ1n) is 6.64. The van der Waals surface area contributed by atoms with Crippen LogP contribution in [0, 0.1) is 11.3 Å². The summed E-state index contributed by atoms with van der Waals surface area (Å²) in [6.45, 7) is 0.0977. The monoisotopic (exact) mass is 297 g/mol. The minimum absolute atomic E-state index is 0.0977. The van der Waals surface area contributed by atoms with E-state index in [1.807, 2.05) is 36.4 Å². The number of nitriles is 1. The van der Waals surface area contributed by atoms with Crippen LogP contribution in [0.4, 0.5) is 4.79 Å². The Hall–Kier alpha value is -3.00. The number of nitrogens with zero attached hydrogens (tertiary/aromatic N) is 1. The third kappa shape index (κ3) is 4.25. The van der Waals surface area contributed by atoms with Gasteiger partial charge in [0, 0.05) is 5.56 Å². The number of rotatable bonds is 5. The van der Waals surface area contributed by atoms with E-state index in [1.165, 1.54) is 0 Å². The van der Waals surface area contributed by atoms with Crippen molar-refractivity contribution in [3.8, 4) is 11.8 Å². The average molecular weight is 297 g/mol. The second-order valence-corrected chi connectivity index (χ2v) is 4.42. The van der Waals surface area contributed by atoms with E-state index in [0.717, 1.165) is 5.56 Å². The first-order valence-corrected chi connectivity index (χ1v) is 6.64. The van der Waals surface area contributed by atoms with E-state index in [2.05, 4.69) is 0 Å². The zero-order chi connectivity index (χ0) is 15.8. The first-order chi connectivity index (χ1) is 10.7. The van der Waals surface area contributed by atoms with E-state index in [1.54, 1.807) is 31.4 Å². The molecule has 0 amide bonds. The van der Waals surface area contributed by atoms with Crippen LogP contribution in [-0.4, -0.2) is 13.3 Å². The third-order valence-corrected chi connectivity index (χ3v) is 2.95. The summed E-state index contributed by atoms with van der Waals surface area (Å²) in [5.41, 5.74) is 1.40. The number of methoxy groups -OCH3 is 1. The summed E-state index contributed by atoms with van der Waals surface area (Å²) in [5, 5.41) is 9.13. The highest BCUT2D eigenvalue weighted by molar-refractivity contribution is 5.61. The molecule has 0 unspecified atom stereocenters. The molecule has 2 aromatic rings. The Balaban J connectivity index is 1.91. The second-order valence-electron chi connectivity index (χ2n) is 4.42. The van der Waals surface area contributed by atoms with Crippen molar-refractivity contribution in [1.29, 1.82) is 5.26 Å². The van der Waals surface area contributed by atoms with E-state index in [4.69, 9.17) is 19.5 Å². The van der Waals surface area contributed by atoms with E-state index in [9.17, 15) is 4.79 Å². The lowest BCUT2D eigenvalue weighted by Gasteiger charge is -2.12. The average Bonchev–Trinajstić information content (AvgIpc) is 2.59. The van der Waals surface area contributed by atoms with Gasteiger partial charge >= 0.3 is 6.16 Å². The summed E-state index contributed by atoms with van der Waals surface area (Å²) < 4.78 is 15.0. The Kier molecular flexibility index (Phi) is 5.38. The molecule has 0 saturated carbocycles. The van der Waals surface area contributed by atoms with Crippen LogP contribution in [0.3, 0.4) is 0 Å². The largest absolute Gasteiger partial charge is 0.510 e.